The fourth-order valence-electron chi connectivity index (χ4n) is 2.43. The van der Waals surface area contributed by atoms with Gasteiger partial charge in [0, 0.05) is 10.9 Å². The number of rotatable bonds is 5. The van der Waals surface area contributed by atoms with Gasteiger partial charge in [0.25, 0.3) is 5.91 Å². The molecule has 0 aliphatic carbocycles. The molecule has 0 aliphatic rings. The second-order valence-corrected chi connectivity index (χ2v) is 7.87. The number of benzene rings is 2. The molecule has 1 amide bonds. The Morgan fingerprint density at radius 1 is 1.08 bits per heavy atom. The van der Waals surface area contributed by atoms with Crippen LogP contribution >= 0.6 is 11.3 Å². The highest BCUT2D eigenvalue weighted by atomic mass is 32.1. The minimum absolute atomic E-state index is 0.0425. The van der Waals surface area contributed by atoms with Crippen LogP contribution in [0.5, 0.6) is 5.75 Å². The number of hydrogen-bond donors (Lipinski definition) is 1. The van der Waals surface area contributed by atoms with E-state index in [0.717, 1.165) is 11.3 Å². The number of nitrogens with zero attached hydrogens (tertiary/aromatic N) is 1. The quantitative estimate of drug-likeness (QED) is 0.681. The van der Waals surface area contributed by atoms with Crippen molar-refractivity contribution in [2.45, 2.75) is 26.2 Å². The lowest BCUT2D eigenvalue weighted by Crippen LogP contribution is -2.20. The molecule has 0 bridgehead atoms. The second kappa shape index (κ2) is 7.70. The standard InChI is InChI=1S/C21H22N2O2S/c1-21(2,3)16-11-9-15(10-12-16)18-14-26-20(22-18)23-19(24)13-25-17-7-5-4-6-8-17/h4-12,14H,13H2,1-3H3,(H,22,23,24). The number of para-hydroxylation sites is 1. The molecule has 0 radical (unpaired) electrons. The molecule has 3 rings (SSSR count). The van der Waals surface area contributed by atoms with Crippen molar-refractivity contribution in [3.63, 3.8) is 0 Å². The molecule has 0 saturated heterocycles. The first kappa shape index (κ1) is 18.1. The number of anilines is 1. The molecule has 0 saturated carbocycles. The van der Waals surface area contributed by atoms with E-state index in [1.54, 1.807) is 0 Å². The van der Waals surface area contributed by atoms with Crippen LogP contribution in [-0.4, -0.2) is 17.5 Å². The lowest BCUT2D eigenvalue weighted by atomic mass is 9.86. The Balaban J connectivity index is 1.60. The first-order valence-corrected chi connectivity index (χ1v) is 9.34. The smallest absolute Gasteiger partial charge is 0.264 e. The maximum atomic E-state index is 12.0. The number of nitrogens with one attached hydrogen (secondary N) is 1. The topological polar surface area (TPSA) is 51.2 Å². The van der Waals surface area contributed by atoms with Crippen LogP contribution in [0.2, 0.25) is 0 Å². The molecule has 1 heterocycles. The van der Waals surface area contributed by atoms with Crippen molar-refractivity contribution < 1.29 is 9.53 Å². The van der Waals surface area contributed by atoms with Gasteiger partial charge in [-0.25, -0.2) is 4.98 Å². The van der Waals surface area contributed by atoms with Crippen molar-refractivity contribution in [3.05, 3.63) is 65.5 Å². The van der Waals surface area contributed by atoms with Gasteiger partial charge in [0.2, 0.25) is 0 Å². The van der Waals surface area contributed by atoms with E-state index >= 15 is 0 Å². The molecule has 3 aromatic rings. The van der Waals surface area contributed by atoms with Crippen LogP contribution in [-0.2, 0) is 10.2 Å². The summed E-state index contributed by atoms with van der Waals surface area (Å²) in [5.74, 6) is 0.444. The largest absolute Gasteiger partial charge is 0.484 e. The highest BCUT2D eigenvalue weighted by Gasteiger charge is 2.14. The number of thiazole rings is 1. The summed E-state index contributed by atoms with van der Waals surface area (Å²) < 4.78 is 5.44. The van der Waals surface area contributed by atoms with Crippen molar-refractivity contribution in [1.29, 1.82) is 0 Å². The molecule has 4 nitrogen and oxygen atoms in total. The van der Waals surface area contributed by atoms with Gasteiger partial charge < -0.3 is 4.74 Å². The average molecular weight is 366 g/mol. The van der Waals surface area contributed by atoms with Crippen LogP contribution in [0.3, 0.4) is 0 Å². The summed E-state index contributed by atoms with van der Waals surface area (Å²) in [5, 5.41) is 5.30. The average Bonchev–Trinajstić information content (AvgIpc) is 3.09. The fraction of sp³-hybridized carbons (Fsp3) is 0.238. The molecule has 0 atom stereocenters. The molecule has 134 valence electrons. The molecule has 0 spiro atoms. The van der Waals surface area contributed by atoms with Crippen LogP contribution in [0.25, 0.3) is 11.3 Å². The lowest BCUT2D eigenvalue weighted by molar-refractivity contribution is -0.118. The van der Waals surface area contributed by atoms with Gasteiger partial charge in [-0.3, -0.25) is 10.1 Å². The number of hydrogen-bond acceptors (Lipinski definition) is 4. The SMILES string of the molecule is CC(C)(C)c1ccc(-c2csc(NC(=O)COc3ccccc3)n2)cc1. The van der Waals surface area contributed by atoms with Gasteiger partial charge in [-0.15, -0.1) is 11.3 Å². The first-order chi connectivity index (χ1) is 12.4. The lowest BCUT2D eigenvalue weighted by Gasteiger charge is -2.18. The van der Waals surface area contributed by atoms with Gasteiger partial charge in [-0.05, 0) is 23.1 Å². The number of amides is 1. The Labute approximate surface area is 157 Å². The summed E-state index contributed by atoms with van der Waals surface area (Å²) in [6, 6.07) is 17.7. The molecule has 1 N–H and O–H groups in total. The van der Waals surface area contributed by atoms with Gasteiger partial charge in [-0.2, -0.15) is 0 Å². The van der Waals surface area contributed by atoms with Crippen LogP contribution in [0.1, 0.15) is 26.3 Å². The third-order valence-corrected chi connectivity index (χ3v) is 4.67. The number of carbonyl (C=O) groups is 1. The molecular weight excluding hydrogens is 344 g/mol. The summed E-state index contributed by atoms with van der Waals surface area (Å²) >= 11 is 1.41. The fourth-order valence-corrected chi connectivity index (χ4v) is 3.16. The van der Waals surface area contributed by atoms with Crippen LogP contribution in [0.15, 0.2) is 60.0 Å². The Kier molecular flexibility index (Phi) is 5.38. The zero-order chi connectivity index (χ0) is 18.6. The highest BCUT2D eigenvalue weighted by Crippen LogP contribution is 2.28. The maximum Gasteiger partial charge on any atom is 0.264 e. The van der Waals surface area contributed by atoms with Crippen LogP contribution < -0.4 is 10.1 Å². The Hall–Kier alpha value is -2.66. The van der Waals surface area contributed by atoms with Gasteiger partial charge >= 0.3 is 0 Å². The second-order valence-electron chi connectivity index (χ2n) is 7.02. The van der Waals surface area contributed by atoms with Crippen molar-refractivity contribution in [3.8, 4) is 17.0 Å². The van der Waals surface area contributed by atoms with E-state index in [1.807, 2.05) is 35.7 Å². The zero-order valence-electron chi connectivity index (χ0n) is 15.2. The van der Waals surface area contributed by atoms with Gasteiger partial charge in [0.1, 0.15) is 5.75 Å². The molecular formula is C21H22N2O2S. The summed E-state index contributed by atoms with van der Waals surface area (Å²) in [7, 11) is 0. The van der Waals surface area contributed by atoms with Crippen LogP contribution in [0.4, 0.5) is 5.13 Å². The zero-order valence-corrected chi connectivity index (χ0v) is 16.0. The summed E-state index contributed by atoms with van der Waals surface area (Å²) in [6.45, 7) is 6.53. The molecule has 5 heteroatoms. The third-order valence-electron chi connectivity index (χ3n) is 3.91. The van der Waals surface area contributed by atoms with Crippen molar-refractivity contribution in [2.75, 3.05) is 11.9 Å². The maximum absolute atomic E-state index is 12.0. The molecule has 26 heavy (non-hydrogen) atoms. The Morgan fingerprint density at radius 2 is 1.77 bits per heavy atom. The minimum atomic E-state index is -0.224. The predicted octanol–water partition coefficient (Wildman–Crippen LogP) is 5.13. The van der Waals surface area contributed by atoms with E-state index in [4.69, 9.17) is 4.74 Å². The van der Waals surface area contributed by atoms with E-state index in [2.05, 4.69) is 55.3 Å². The monoisotopic (exact) mass is 366 g/mol. The molecule has 0 unspecified atom stereocenters. The van der Waals surface area contributed by atoms with Crippen LogP contribution in [0, 0.1) is 0 Å². The first-order valence-electron chi connectivity index (χ1n) is 8.46. The van der Waals surface area contributed by atoms with Gasteiger partial charge in [-0.1, -0.05) is 63.2 Å². The third kappa shape index (κ3) is 4.70. The van der Waals surface area contributed by atoms with Crippen molar-refractivity contribution >= 4 is 22.4 Å². The Bertz CT molecular complexity index is 865. The molecule has 1 aromatic heterocycles. The predicted molar refractivity (Wildman–Crippen MR) is 107 cm³/mol. The van der Waals surface area contributed by atoms with Crippen molar-refractivity contribution in [2.24, 2.45) is 0 Å². The van der Waals surface area contributed by atoms with E-state index in [-0.39, 0.29) is 17.9 Å². The molecule has 0 fully saturated rings. The van der Waals surface area contributed by atoms with Gasteiger partial charge in [0.05, 0.1) is 5.69 Å². The van der Waals surface area contributed by atoms with E-state index in [1.165, 1.54) is 16.9 Å². The van der Waals surface area contributed by atoms with Crippen molar-refractivity contribution in [1.82, 2.24) is 4.98 Å². The van der Waals surface area contributed by atoms with E-state index in [0.29, 0.717) is 10.9 Å². The summed E-state index contributed by atoms with van der Waals surface area (Å²) in [5.41, 5.74) is 3.30. The normalized spacial score (nSPS) is 11.2. The van der Waals surface area contributed by atoms with E-state index < -0.39 is 0 Å². The highest BCUT2D eigenvalue weighted by molar-refractivity contribution is 7.14. The number of carbonyl (C=O) groups excluding carboxylic acids is 1. The summed E-state index contributed by atoms with van der Waals surface area (Å²) in [6.07, 6.45) is 0. The Morgan fingerprint density at radius 3 is 2.42 bits per heavy atom. The number of ether oxygens (including phenoxy) is 1. The van der Waals surface area contributed by atoms with Gasteiger partial charge in [0.15, 0.2) is 11.7 Å². The summed E-state index contributed by atoms with van der Waals surface area (Å²) in [4.78, 5) is 16.5. The van der Waals surface area contributed by atoms with E-state index in [9.17, 15) is 4.79 Å². The minimum Gasteiger partial charge on any atom is -0.484 e. The molecule has 0 aliphatic heterocycles. The molecule has 2 aromatic carbocycles. The number of aromatic nitrogens is 1.